The summed E-state index contributed by atoms with van der Waals surface area (Å²) in [6.45, 7) is -0.246. The van der Waals surface area contributed by atoms with E-state index in [1.54, 1.807) is 24.3 Å². The average Bonchev–Trinajstić information content (AvgIpc) is 2.53. The van der Waals surface area contributed by atoms with E-state index in [4.69, 9.17) is 16.3 Å². The number of halogens is 1. The lowest BCUT2D eigenvalue weighted by atomic mass is 9.96. The Morgan fingerprint density at radius 1 is 1.32 bits per heavy atom. The lowest BCUT2D eigenvalue weighted by Gasteiger charge is -2.11. The zero-order valence-corrected chi connectivity index (χ0v) is 12.4. The Labute approximate surface area is 130 Å². The summed E-state index contributed by atoms with van der Waals surface area (Å²) >= 11 is 6.15. The number of ether oxygens (including phenoxy) is 1. The van der Waals surface area contributed by atoms with Gasteiger partial charge in [-0.15, -0.1) is 0 Å². The van der Waals surface area contributed by atoms with E-state index in [1.165, 1.54) is 19.5 Å². The number of aliphatic hydroxyl groups is 1. The second kappa shape index (κ2) is 5.44. The second-order valence-corrected chi connectivity index (χ2v) is 5.28. The number of fused-ring (bicyclic) bond motifs is 3. The van der Waals surface area contributed by atoms with Gasteiger partial charge in [-0.25, -0.2) is 4.79 Å². The third-order valence-electron chi connectivity index (χ3n) is 3.61. The molecule has 0 bridgehead atoms. The molecule has 3 aromatic rings. The summed E-state index contributed by atoms with van der Waals surface area (Å²) in [5.41, 5.74) is 0.865. The minimum Gasteiger partial charge on any atom is -0.619 e. The number of nitrogens with zero attached hydrogens (tertiary/aromatic N) is 1. The van der Waals surface area contributed by atoms with Gasteiger partial charge in [-0.05, 0) is 39.9 Å². The highest BCUT2D eigenvalue weighted by molar-refractivity contribution is 6.33. The number of rotatable bonds is 2. The molecule has 0 atom stereocenters. The van der Waals surface area contributed by atoms with Crippen LogP contribution in [0, 0.1) is 5.21 Å². The van der Waals surface area contributed by atoms with Crippen LogP contribution in [0.2, 0.25) is 5.02 Å². The van der Waals surface area contributed by atoms with Gasteiger partial charge in [0.2, 0.25) is 0 Å². The van der Waals surface area contributed by atoms with Crippen LogP contribution in [-0.4, -0.2) is 18.2 Å². The Morgan fingerprint density at radius 2 is 2.09 bits per heavy atom. The number of carbonyl (C=O) groups excluding carboxylic acids is 1. The largest absolute Gasteiger partial charge is 0.619 e. The standard InChI is InChI=1S/C16H12ClNO4/c1-22-16(20)13-4-9-2-3-18(21)7-14(9)12-6-15(17)10(8-19)5-11(12)13/h2-7,19H,8H2,1H3. The van der Waals surface area contributed by atoms with Crippen LogP contribution in [0.5, 0.6) is 0 Å². The van der Waals surface area contributed by atoms with E-state index in [9.17, 15) is 15.1 Å². The van der Waals surface area contributed by atoms with E-state index in [0.29, 0.717) is 37.0 Å². The van der Waals surface area contributed by atoms with Gasteiger partial charge >= 0.3 is 5.97 Å². The predicted octanol–water partition coefficient (Wildman–Crippen LogP) is 2.56. The fraction of sp³-hybridized carbons (Fsp3) is 0.125. The molecule has 0 amide bonds. The molecule has 0 fully saturated rings. The summed E-state index contributed by atoms with van der Waals surface area (Å²) < 4.78 is 5.51. The number of aliphatic hydroxyl groups excluding tert-OH is 1. The molecule has 0 aliphatic carbocycles. The van der Waals surface area contributed by atoms with E-state index in [2.05, 4.69) is 0 Å². The Balaban J connectivity index is 2.51. The maximum atomic E-state index is 12.0. The molecule has 22 heavy (non-hydrogen) atoms. The minimum absolute atomic E-state index is 0.246. The fourth-order valence-electron chi connectivity index (χ4n) is 2.54. The Bertz CT molecular complexity index is 908. The van der Waals surface area contributed by atoms with Gasteiger partial charge in [-0.2, -0.15) is 4.73 Å². The molecule has 6 heteroatoms. The van der Waals surface area contributed by atoms with E-state index in [-0.39, 0.29) is 6.61 Å². The van der Waals surface area contributed by atoms with E-state index in [1.807, 2.05) is 0 Å². The molecule has 3 rings (SSSR count). The van der Waals surface area contributed by atoms with Crippen LogP contribution in [0.1, 0.15) is 15.9 Å². The number of hydrogen-bond acceptors (Lipinski definition) is 4. The molecule has 1 heterocycles. The molecule has 0 aliphatic rings. The van der Waals surface area contributed by atoms with Crippen LogP contribution >= 0.6 is 11.6 Å². The van der Waals surface area contributed by atoms with Crippen molar-refractivity contribution in [2.75, 3.05) is 7.11 Å². The lowest BCUT2D eigenvalue weighted by Crippen LogP contribution is -2.23. The van der Waals surface area contributed by atoms with Crippen LogP contribution < -0.4 is 4.73 Å². The molecule has 0 saturated heterocycles. The molecule has 0 radical (unpaired) electrons. The molecule has 2 aromatic carbocycles. The smallest absolute Gasteiger partial charge is 0.338 e. The van der Waals surface area contributed by atoms with E-state index < -0.39 is 5.97 Å². The van der Waals surface area contributed by atoms with Crippen molar-refractivity contribution in [2.24, 2.45) is 0 Å². The minimum atomic E-state index is -0.489. The van der Waals surface area contributed by atoms with Crippen LogP contribution in [-0.2, 0) is 11.3 Å². The third kappa shape index (κ3) is 2.24. The maximum absolute atomic E-state index is 12.0. The van der Waals surface area contributed by atoms with Gasteiger partial charge in [-0.1, -0.05) is 11.6 Å². The van der Waals surface area contributed by atoms with Crippen LogP contribution in [0.3, 0.4) is 0 Å². The first kappa shape index (κ1) is 14.6. The van der Waals surface area contributed by atoms with Gasteiger partial charge in [0.25, 0.3) is 0 Å². The van der Waals surface area contributed by atoms with Crippen molar-refractivity contribution in [3.8, 4) is 0 Å². The van der Waals surface area contributed by atoms with Gasteiger partial charge in [0.05, 0.1) is 24.7 Å². The molecular formula is C16H12ClNO4. The van der Waals surface area contributed by atoms with Gasteiger partial charge < -0.3 is 15.1 Å². The van der Waals surface area contributed by atoms with E-state index >= 15 is 0 Å². The molecule has 0 aliphatic heterocycles. The number of methoxy groups -OCH3 is 1. The molecule has 5 nitrogen and oxygen atoms in total. The van der Waals surface area contributed by atoms with Crippen molar-refractivity contribution < 1.29 is 19.4 Å². The summed E-state index contributed by atoms with van der Waals surface area (Å²) in [5, 5.41) is 23.9. The highest BCUT2D eigenvalue weighted by atomic mass is 35.5. The van der Waals surface area contributed by atoms with Crippen molar-refractivity contribution in [3.05, 3.63) is 58.0 Å². The fourth-order valence-corrected chi connectivity index (χ4v) is 2.76. The van der Waals surface area contributed by atoms with Gasteiger partial charge in [-0.3, -0.25) is 0 Å². The highest BCUT2D eigenvalue weighted by Crippen LogP contribution is 2.32. The molecule has 0 saturated carbocycles. The Hall–Kier alpha value is -2.37. The number of pyridine rings is 1. The van der Waals surface area contributed by atoms with Gasteiger partial charge in [0.15, 0.2) is 12.4 Å². The number of hydrogen-bond donors (Lipinski definition) is 1. The molecule has 0 unspecified atom stereocenters. The summed E-state index contributed by atoms with van der Waals surface area (Å²) in [6, 6.07) is 6.59. The van der Waals surface area contributed by atoms with Crippen molar-refractivity contribution in [1.82, 2.24) is 0 Å². The highest BCUT2D eigenvalue weighted by Gasteiger charge is 2.17. The van der Waals surface area contributed by atoms with Crippen molar-refractivity contribution >= 4 is 39.1 Å². The first-order valence-electron chi connectivity index (χ1n) is 6.52. The number of aromatic nitrogens is 1. The zero-order valence-electron chi connectivity index (χ0n) is 11.7. The lowest BCUT2D eigenvalue weighted by molar-refractivity contribution is -0.603. The second-order valence-electron chi connectivity index (χ2n) is 4.87. The van der Waals surface area contributed by atoms with Crippen molar-refractivity contribution in [3.63, 3.8) is 0 Å². The molecule has 112 valence electrons. The maximum Gasteiger partial charge on any atom is 0.338 e. The topological polar surface area (TPSA) is 73.5 Å². The summed E-state index contributed by atoms with van der Waals surface area (Å²) in [4.78, 5) is 12.0. The van der Waals surface area contributed by atoms with E-state index in [0.717, 1.165) is 5.39 Å². The monoisotopic (exact) mass is 317 g/mol. The Morgan fingerprint density at radius 3 is 2.77 bits per heavy atom. The van der Waals surface area contributed by atoms with Crippen LogP contribution in [0.25, 0.3) is 21.5 Å². The van der Waals surface area contributed by atoms with Gasteiger partial charge in [0.1, 0.15) is 0 Å². The van der Waals surface area contributed by atoms with Crippen molar-refractivity contribution in [1.29, 1.82) is 0 Å². The molecular weight excluding hydrogens is 306 g/mol. The quantitative estimate of drug-likeness (QED) is 0.341. The van der Waals surface area contributed by atoms with Crippen LogP contribution in [0.4, 0.5) is 0 Å². The van der Waals surface area contributed by atoms with Crippen LogP contribution in [0.15, 0.2) is 36.7 Å². The number of benzene rings is 2. The molecule has 1 aromatic heterocycles. The third-order valence-corrected chi connectivity index (χ3v) is 3.96. The molecule has 1 N–H and O–H groups in total. The normalized spacial score (nSPS) is 11.0. The summed E-state index contributed by atoms with van der Waals surface area (Å²) in [6.07, 6.45) is 2.78. The molecule has 0 spiro atoms. The summed E-state index contributed by atoms with van der Waals surface area (Å²) in [7, 11) is 1.30. The van der Waals surface area contributed by atoms with Crippen molar-refractivity contribution in [2.45, 2.75) is 6.61 Å². The first-order chi connectivity index (χ1) is 10.5. The van der Waals surface area contributed by atoms with Gasteiger partial charge in [0, 0.05) is 11.1 Å². The zero-order chi connectivity index (χ0) is 15.9. The number of esters is 1. The summed E-state index contributed by atoms with van der Waals surface area (Å²) in [5.74, 6) is -0.489. The average molecular weight is 318 g/mol. The number of carbonyl (C=O) groups is 1. The SMILES string of the molecule is COC(=O)c1cc2cc[n+]([O-])cc2c2cc(Cl)c(CO)cc12. The first-order valence-corrected chi connectivity index (χ1v) is 6.89. The Kier molecular flexibility index (Phi) is 3.60. The predicted molar refractivity (Wildman–Crippen MR) is 82.7 cm³/mol.